The van der Waals surface area contributed by atoms with Crippen molar-refractivity contribution in [1.82, 2.24) is 10.2 Å². The molecule has 1 aliphatic carbocycles. The van der Waals surface area contributed by atoms with Crippen LogP contribution < -0.4 is 5.32 Å². The van der Waals surface area contributed by atoms with Crippen LogP contribution >= 0.6 is 0 Å². The lowest BCUT2D eigenvalue weighted by atomic mass is 9.91. The van der Waals surface area contributed by atoms with Crippen molar-refractivity contribution in [3.63, 3.8) is 0 Å². The number of hydrogen-bond donors (Lipinski definition) is 1. The van der Waals surface area contributed by atoms with Gasteiger partial charge in [0.1, 0.15) is 6.04 Å². The van der Waals surface area contributed by atoms with Crippen molar-refractivity contribution >= 4 is 11.8 Å². The Labute approximate surface area is 165 Å². The van der Waals surface area contributed by atoms with Crippen LogP contribution in [0.2, 0.25) is 0 Å². The fourth-order valence-corrected chi connectivity index (χ4v) is 3.74. The number of ether oxygens (including phenoxy) is 1. The number of likely N-dealkylation sites (tertiary alicyclic amines) is 1. The van der Waals surface area contributed by atoms with E-state index in [1.165, 1.54) is 6.92 Å². The van der Waals surface area contributed by atoms with Crippen molar-refractivity contribution < 1.29 is 14.3 Å². The Hall–Kier alpha value is -1.62. The van der Waals surface area contributed by atoms with Gasteiger partial charge in [0.2, 0.25) is 11.8 Å². The number of carbonyl (C=O) groups is 2. The molecular weight excluding hydrogens is 340 g/mol. The molecule has 5 heteroatoms. The highest BCUT2D eigenvalue weighted by Gasteiger charge is 2.34. The van der Waals surface area contributed by atoms with Crippen molar-refractivity contribution in [3.8, 4) is 0 Å². The Morgan fingerprint density at radius 1 is 1.22 bits per heavy atom. The first kappa shape index (κ1) is 23.4. The summed E-state index contributed by atoms with van der Waals surface area (Å²) in [7, 11) is 0. The number of hydrogen-bond acceptors (Lipinski definition) is 3. The Morgan fingerprint density at radius 2 is 1.85 bits per heavy atom. The number of nitrogens with zero attached hydrogens (tertiary/aromatic N) is 1. The highest BCUT2D eigenvalue weighted by Crippen LogP contribution is 2.22. The third kappa shape index (κ3) is 7.87. The van der Waals surface area contributed by atoms with E-state index in [2.05, 4.69) is 37.4 Å². The zero-order chi connectivity index (χ0) is 20.4. The minimum Gasteiger partial charge on any atom is -0.371 e. The average molecular weight is 379 g/mol. The fraction of sp³-hybridized carbons (Fsp3) is 0.727. The van der Waals surface area contributed by atoms with Gasteiger partial charge in [-0.2, -0.15) is 0 Å². The summed E-state index contributed by atoms with van der Waals surface area (Å²) in [4.78, 5) is 26.5. The van der Waals surface area contributed by atoms with E-state index in [0.29, 0.717) is 18.4 Å². The molecule has 0 aromatic heterocycles. The largest absolute Gasteiger partial charge is 0.371 e. The minimum atomic E-state index is -0.636. The minimum absolute atomic E-state index is 0.0331. The van der Waals surface area contributed by atoms with Crippen LogP contribution in [0.1, 0.15) is 60.8 Å². The molecule has 4 atom stereocenters. The van der Waals surface area contributed by atoms with Crippen molar-refractivity contribution in [1.29, 1.82) is 0 Å². The van der Waals surface area contributed by atoms with E-state index in [-0.39, 0.29) is 17.9 Å². The second-order valence-electron chi connectivity index (χ2n) is 7.64. The van der Waals surface area contributed by atoms with Gasteiger partial charge in [-0.15, -0.1) is 0 Å². The van der Waals surface area contributed by atoms with Crippen LogP contribution in [0.4, 0.5) is 0 Å². The van der Waals surface area contributed by atoms with Gasteiger partial charge in [-0.05, 0) is 43.6 Å². The molecule has 0 bridgehead atoms. The normalized spacial score (nSPS) is 24.2. The van der Waals surface area contributed by atoms with Crippen molar-refractivity contribution in [2.45, 2.75) is 73.0 Å². The predicted octanol–water partition coefficient (Wildman–Crippen LogP) is 3.70. The van der Waals surface area contributed by atoms with E-state index in [4.69, 9.17) is 4.74 Å². The molecule has 27 heavy (non-hydrogen) atoms. The molecule has 0 aromatic carbocycles. The van der Waals surface area contributed by atoms with Crippen molar-refractivity contribution in [2.24, 2.45) is 11.8 Å². The quantitative estimate of drug-likeness (QED) is 0.767. The maximum absolute atomic E-state index is 13.0. The van der Waals surface area contributed by atoms with Gasteiger partial charge in [-0.3, -0.25) is 9.59 Å². The van der Waals surface area contributed by atoms with Gasteiger partial charge in [0.15, 0.2) is 0 Å². The molecule has 1 heterocycles. The Balaban J connectivity index is 0.00000176. The number of amides is 2. The number of allylic oxidation sites excluding steroid dienone is 2. The summed E-state index contributed by atoms with van der Waals surface area (Å²) in [6.07, 6.45) is 9.23. The molecule has 5 nitrogen and oxygen atoms in total. The number of rotatable bonds is 6. The highest BCUT2D eigenvalue weighted by atomic mass is 16.5. The molecular formula is C22H38N2O3. The van der Waals surface area contributed by atoms with E-state index in [1.54, 1.807) is 0 Å². The summed E-state index contributed by atoms with van der Waals surface area (Å²) in [6.45, 7) is 13.6. The summed E-state index contributed by atoms with van der Waals surface area (Å²) < 4.78 is 5.93. The van der Waals surface area contributed by atoms with Crippen molar-refractivity contribution in [2.75, 3.05) is 19.7 Å². The van der Waals surface area contributed by atoms with Gasteiger partial charge in [-0.1, -0.05) is 45.9 Å². The first-order valence-corrected chi connectivity index (χ1v) is 10.4. The van der Waals surface area contributed by atoms with Gasteiger partial charge in [0.25, 0.3) is 0 Å². The molecule has 2 rings (SSSR count). The summed E-state index contributed by atoms with van der Waals surface area (Å²) in [5, 5.41) is 2.80. The molecule has 4 unspecified atom stereocenters. The van der Waals surface area contributed by atoms with E-state index >= 15 is 0 Å². The lowest BCUT2D eigenvalue weighted by Crippen LogP contribution is -2.56. The molecule has 1 N–H and O–H groups in total. The standard InChI is InChI=1S/C20H32N2O3.C2H6/c1-14-10-15(2)12-22(11-14)20(24)19(21-17(4)23)16(3)25-13-18-8-6-5-7-9-18;1-2/h6,8-9,14-16,19H,5,7,10-13H2,1-4H3,(H,21,23);1-2H3. The Bertz CT molecular complexity index is 532. The van der Waals surface area contributed by atoms with Crippen LogP contribution in [-0.4, -0.2) is 48.6 Å². The fourth-order valence-electron chi connectivity index (χ4n) is 3.74. The Kier molecular flexibility index (Phi) is 10.4. The molecule has 0 radical (unpaired) electrons. The summed E-state index contributed by atoms with van der Waals surface area (Å²) in [5.74, 6) is 0.733. The number of piperidine rings is 1. The first-order chi connectivity index (χ1) is 12.9. The second-order valence-corrected chi connectivity index (χ2v) is 7.64. The van der Waals surface area contributed by atoms with Crippen LogP contribution in [0.25, 0.3) is 0 Å². The SMILES string of the molecule is CC.CC(=O)NC(C(=O)N1CC(C)CC(C)C1)C(C)OCC1=CCCC=C1. The van der Waals surface area contributed by atoms with Gasteiger partial charge in [0, 0.05) is 20.0 Å². The van der Waals surface area contributed by atoms with E-state index in [9.17, 15) is 9.59 Å². The van der Waals surface area contributed by atoms with Crippen LogP contribution in [0, 0.1) is 11.8 Å². The van der Waals surface area contributed by atoms with E-state index in [1.807, 2.05) is 25.7 Å². The first-order valence-electron chi connectivity index (χ1n) is 10.4. The molecule has 1 aliphatic heterocycles. The predicted molar refractivity (Wildman–Crippen MR) is 110 cm³/mol. The molecule has 0 aromatic rings. The number of carbonyl (C=O) groups excluding carboxylic acids is 2. The molecule has 1 saturated heterocycles. The monoisotopic (exact) mass is 378 g/mol. The molecule has 2 amide bonds. The Morgan fingerprint density at radius 3 is 2.37 bits per heavy atom. The highest BCUT2D eigenvalue weighted by molar-refractivity contribution is 5.87. The third-order valence-electron chi connectivity index (χ3n) is 4.86. The molecule has 2 aliphatic rings. The summed E-state index contributed by atoms with van der Waals surface area (Å²) in [6, 6.07) is -0.636. The molecule has 1 fully saturated rings. The molecule has 154 valence electrons. The third-order valence-corrected chi connectivity index (χ3v) is 4.86. The van der Waals surface area contributed by atoms with Crippen LogP contribution in [-0.2, 0) is 14.3 Å². The van der Waals surface area contributed by atoms with E-state index in [0.717, 1.165) is 37.9 Å². The summed E-state index contributed by atoms with van der Waals surface area (Å²) in [5.41, 5.74) is 1.13. The lowest BCUT2D eigenvalue weighted by Gasteiger charge is -2.38. The maximum atomic E-state index is 13.0. The number of nitrogens with one attached hydrogen (secondary N) is 1. The average Bonchev–Trinajstić information content (AvgIpc) is 2.65. The van der Waals surface area contributed by atoms with Crippen molar-refractivity contribution in [3.05, 3.63) is 23.8 Å². The maximum Gasteiger partial charge on any atom is 0.247 e. The van der Waals surface area contributed by atoms with Gasteiger partial charge < -0.3 is 15.0 Å². The molecule has 0 spiro atoms. The topological polar surface area (TPSA) is 58.6 Å². The molecule has 0 saturated carbocycles. The van der Waals surface area contributed by atoms with E-state index < -0.39 is 6.04 Å². The zero-order valence-corrected chi connectivity index (χ0v) is 18.0. The smallest absolute Gasteiger partial charge is 0.247 e. The van der Waals surface area contributed by atoms with Gasteiger partial charge in [-0.25, -0.2) is 0 Å². The second kappa shape index (κ2) is 12.0. The van der Waals surface area contributed by atoms with Crippen LogP contribution in [0.3, 0.4) is 0 Å². The summed E-state index contributed by atoms with van der Waals surface area (Å²) >= 11 is 0. The lowest BCUT2D eigenvalue weighted by molar-refractivity contribution is -0.142. The van der Waals surface area contributed by atoms with Gasteiger partial charge >= 0.3 is 0 Å². The van der Waals surface area contributed by atoms with Crippen LogP contribution in [0.5, 0.6) is 0 Å². The van der Waals surface area contributed by atoms with Gasteiger partial charge in [0.05, 0.1) is 12.7 Å². The zero-order valence-electron chi connectivity index (χ0n) is 18.0. The van der Waals surface area contributed by atoms with Crippen LogP contribution in [0.15, 0.2) is 23.8 Å².